The number of thiophene rings is 1. The first-order valence-electron chi connectivity index (χ1n) is 5.77. The third-order valence-electron chi connectivity index (χ3n) is 2.85. The number of hydrogen-bond donors (Lipinski definition) is 1. The summed E-state index contributed by atoms with van der Waals surface area (Å²) < 4.78 is 26.1. The molecule has 0 saturated carbocycles. The average Bonchev–Trinajstić information content (AvgIpc) is 2.61. The lowest BCUT2D eigenvalue weighted by molar-refractivity contribution is 0.560. The van der Waals surface area contributed by atoms with Crippen molar-refractivity contribution < 1.29 is 8.78 Å². The van der Waals surface area contributed by atoms with Gasteiger partial charge >= 0.3 is 0 Å². The molecule has 0 saturated heterocycles. The van der Waals surface area contributed by atoms with Crippen molar-refractivity contribution in [3.05, 3.63) is 56.8 Å². The normalized spacial score (nSPS) is 10.9. The fraction of sp³-hybridized carbons (Fsp3) is 0.286. The second-order valence-corrected chi connectivity index (χ2v) is 5.63. The van der Waals surface area contributed by atoms with Crippen molar-refractivity contribution in [2.45, 2.75) is 26.9 Å². The number of halogens is 2. The summed E-state index contributed by atoms with van der Waals surface area (Å²) >= 11 is 1.74. The van der Waals surface area contributed by atoms with Crippen LogP contribution in [-0.2, 0) is 13.1 Å². The molecular formula is C14H15F2NS. The van der Waals surface area contributed by atoms with Crippen LogP contribution in [0, 0.1) is 25.5 Å². The van der Waals surface area contributed by atoms with E-state index in [9.17, 15) is 8.78 Å². The quantitative estimate of drug-likeness (QED) is 0.885. The first-order valence-corrected chi connectivity index (χ1v) is 6.58. The molecule has 1 N–H and O–H groups in total. The summed E-state index contributed by atoms with van der Waals surface area (Å²) in [5, 5.41) is 3.17. The number of rotatable bonds is 4. The largest absolute Gasteiger partial charge is 0.308 e. The number of benzene rings is 1. The highest BCUT2D eigenvalue weighted by atomic mass is 32.1. The lowest BCUT2D eigenvalue weighted by Crippen LogP contribution is -2.13. The van der Waals surface area contributed by atoms with Crippen molar-refractivity contribution in [1.82, 2.24) is 5.32 Å². The summed E-state index contributed by atoms with van der Waals surface area (Å²) in [7, 11) is 0. The Morgan fingerprint density at radius 1 is 1.11 bits per heavy atom. The van der Waals surface area contributed by atoms with Crippen LogP contribution in [0.25, 0.3) is 0 Å². The van der Waals surface area contributed by atoms with E-state index in [0.717, 1.165) is 6.07 Å². The van der Waals surface area contributed by atoms with Gasteiger partial charge in [-0.15, -0.1) is 11.3 Å². The van der Waals surface area contributed by atoms with Gasteiger partial charge in [-0.2, -0.15) is 0 Å². The summed E-state index contributed by atoms with van der Waals surface area (Å²) in [6, 6.07) is 5.80. The van der Waals surface area contributed by atoms with Gasteiger partial charge in [-0.3, -0.25) is 0 Å². The van der Waals surface area contributed by atoms with Gasteiger partial charge in [0.1, 0.15) is 11.6 Å². The van der Waals surface area contributed by atoms with E-state index < -0.39 is 11.6 Å². The molecule has 0 radical (unpaired) electrons. The first-order chi connectivity index (χ1) is 8.56. The maximum Gasteiger partial charge on any atom is 0.130 e. The Balaban J connectivity index is 1.92. The predicted octanol–water partition coefficient (Wildman–Crippen LogP) is 3.93. The molecule has 1 aromatic heterocycles. The SMILES string of the molecule is Cc1cc(CNCc2ccc(F)cc2F)sc1C. The van der Waals surface area contributed by atoms with Crippen LogP contribution in [-0.4, -0.2) is 0 Å². The van der Waals surface area contributed by atoms with Crippen molar-refractivity contribution in [1.29, 1.82) is 0 Å². The lowest BCUT2D eigenvalue weighted by Gasteiger charge is -2.04. The highest BCUT2D eigenvalue weighted by molar-refractivity contribution is 7.12. The molecule has 2 aromatic rings. The van der Waals surface area contributed by atoms with Crippen molar-refractivity contribution >= 4 is 11.3 Å². The molecule has 1 nitrogen and oxygen atoms in total. The fourth-order valence-electron chi connectivity index (χ4n) is 1.72. The smallest absolute Gasteiger partial charge is 0.130 e. The van der Waals surface area contributed by atoms with Gasteiger partial charge in [-0.25, -0.2) is 8.78 Å². The number of aryl methyl sites for hydroxylation is 2. The van der Waals surface area contributed by atoms with Gasteiger partial charge in [-0.1, -0.05) is 6.07 Å². The van der Waals surface area contributed by atoms with Crippen LogP contribution in [0.1, 0.15) is 20.9 Å². The van der Waals surface area contributed by atoms with Gasteiger partial charge in [0, 0.05) is 34.5 Å². The Bertz CT molecular complexity index is 529. The fourth-order valence-corrected chi connectivity index (χ4v) is 2.75. The third kappa shape index (κ3) is 3.15. The molecule has 0 spiro atoms. The second-order valence-electron chi connectivity index (χ2n) is 4.29. The molecule has 0 aliphatic carbocycles. The van der Waals surface area contributed by atoms with E-state index in [1.807, 2.05) is 0 Å². The standard InChI is InChI=1S/C14H15F2NS/c1-9-5-13(18-10(9)2)8-17-7-11-3-4-12(15)6-14(11)16/h3-6,17H,7-8H2,1-2H3. The zero-order valence-corrected chi connectivity index (χ0v) is 11.2. The van der Waals surface area contributed by atoms with Crippen molar-refractivity contribution in [3.8, 4) is 0 Å². The zero-order valence-electron chi connectivity index (χ0n) is 10.4. The molecule has 0 unspecified atom stereocenters. The summed E-state index contributed by atoms with van der Waals surface area (Å²) in [5.74, 6) is -1.04. The molecular weight excluding hydrogens is 252 g/mol. The molecule has 0 atom stereocenters. The van der Waals surface area contributed by atoms with E-state index >= 15 is 0 Å². The van der Waals surface area contributed by atoms with E-state index in [1.54, 1.807) is 11.3 Å². The van der Waals surface area contributed by atoms with Crippen molar-refractivity contribution in [3.63, 3.8) is 0 Å². The molecule has 0 fully saturated rings. The molecule has 1 aromatic carbocycles. The van der Waals surface area contributed by atoms with E-state index in [1.165, 1.54) is 27.5 Å². The maximum absolute atomic E-state index is 13.4. The minimum atomic E-state index is -0.541. The Morgan fingerprint density at radius 2 is 1.89 bits per heavy atom. The monoisotopic (exact) mass is 267 g/mol. The molecule has 0 amide bonds. The summed E-state index contributed by atoms with van der Waals surface area (Å²) in [6.07, 6.45) is 0. The van der Waals surface area contributed by atoms with Crippen LogP contribution < -0.4 is 5.32 Å². The Labute approximate surface area is 109 Å². The predicted molar refractivity (Wildman–Crippen MR) is 70.7 cm³/mol. The van der Waals surface area contributed by atoms with Gasteiger partial charge in [-0.05, 0) is 31.5 Å². The minimum absolute atomic E-state index is 0.405. The van der Waals surface area contributed by atoms with Crippen LogP contribution in [0.15, 0.2) is 24.3 Å². The third-order valence-corrected chi connectivity index (χ3v) is 4.00. The molecule has 96 valence electrons. The topological polar surface area (TPSA) is 12.0 Å². The van der Waals surface area contributed by atoms with Crippen molar-refractivity contribution in [2.24, 2.45) is 0 Å². The van der Waals surface area contributed by atoms with E-state index in [-0.39, 0.29) is 0 Å². The Hall–Kier alpha value is -1.26. The Morgan fingerprint density at radius 3 is 2.50 bits per heavy atom. The lowest BCUT2D eigenvalue weighted by atomic mass is 10.2. The zero-order chi connectivity index (χ0) is 13.1. The average molecular weight is 267 g/mol. The highest BCUT2D eigenvalue weighted by Crippen LogP contribution is 2.20. The minimum Gasteiger partial charge on any atom is -0.308 e. The molecule has 1 heterocycles. The van der Waals surface area contributed by atoms with E-state index in [2.05, 4.69) is 25.2 Å². The molecule has 0 aliphatic rings. The summed E-state index contributed by atoms with van der Waals surface area (Å²) in [6.45, 7) is 5.27. The van der Waals surface area contributed by atoms with Gasteiger partial charge in [0.2, 0.25) is 0 Å². The van der Waals surface area contributed by atoms with Gasteiger partial charge in [0.05, 0.1) is 0 Å². The second kappa shape index (κ2) is 5.59. The van der Waals surface area contributed by atoms with Crippen molar-refractivity contribution in [2.75, 3.05) is 0 Å². The number of hydrogen-bond acceptors (Lipinski definition) is 2. The molecule has 4 heteroatoms. The van der Waals surface area contributed by atoms with Gasteiger partial charge in [0.25, 0.3) is 0 Å². The van der Waals surface area contributed by atoms with E-state index in [4.69, 9.17) is 0 Å². The molecule has 0 bridgehead atoms. The van der Waals surface area contributed by atoms with Gasteiger partial charge in [0.15, 0.2) is 0 Å². The van der Waals surface area contributed by atoms with Crippen LogP contribution in [0.5, 0.6) is 0 Å². The molecule has 2 rings (SSSR count). The maximum atomic E-state index is 13.4. The highest BCUT2D eigenvalue weighted by Gasteiger charge is 2.04. The van der Waals surface area contributed by atoms with Crippen LogP contribution in [0.2, 0.25) is 0 Å². The first kappa shape index (κ1) is 13.2. The molecule has 0 aliphatic heterocycles. The summed E-state index contributed by atoms with van der Waals surface area (Å²) in [5.41, 5.74) is 1.77. The summed E-state index contributed by atoms with van der Waals surface area (Å²) in [4.78, 5) is 2.53. The van der Waals surface area contributed by atoms with Gasteiger partial charge < -0.3 is 5.32 Å². The van der Waals surface area contributed by atoms with Crippen LogP contribution >= 0.6 is 11.3 Å². The van der Waals surface area contributed by atoms with Crippen LogP contribution in [0.3, 0.4) is 0 Å². The van der Waals surface area contributed by atoms with E-state index in [0.29, 0.717) is 18.7 Å². The Kier molecular flexibility index (Phi) is 4.09. The number of nitrogens with one attached hydrogen (secondary N) is 1. The molecule has 18 heavy (non-hydrogen) atoms. The van der Waals surface area contributed by atoms with Crippen LogP contribution in [0.4, 0.5) is 8.78 Å².